The van der Waals surface area contributed by atoms with E-state index in [0.717, 1.165) is 0 Å². The minimum atomic E-state index is -2.66. The van der Waals surface area contributed by atoms with Gasteiger partial charge in [-0.1, -0.05) is 11.6 Å². The molecule has 60 valence electrons. The van der Waals surface area contributed by atoms with E-state index < -0.39 is 10.7 Å². The minimum Gasteiger partial charge on any atom is -0.242 e. The van der Waals surface area contributed by atoms with E-state index >= 15 is 0 Å². The lowest BCUT2D eigenvalue weighted by atomic mass is 10.5. The van der Waals surface area contributed by atoms with Crippen molar-refractivity contribution in [1.82, 2.24) is 4.98 Å². The molecule has 11 heavy (non-hydrogen) atoms. The Labute approximate surface area is 78.5 Å². The topological polar surface area (TPSA) is 47.0 Å². The van der Waals surface area contributed by atoms with Crippen LogP contribution in [0.3, 0.4) is 0 Å². The number of halogens is 2. The fourth-order valence-electron chi connectivity index (χ4n) is 0.540. The van der Waals surface area contributed by atoms with Crippen molar-refractivity contribution in [1.29, 1.82) is 0 Å². The Morgan fingerprint density at radius 3 is 2.64 bits per heavy atom. The molecule has 1 heterocycles. The predicted molar refractivity (Wildman–Crippen MR) is 45.5 cm³/mol. The van der Waals surface area contributed by atoms with Gasteiger partial charge in [0.15, 0.2) is 10.7 Å². The van der Waals surface area contributed by atoms with Crippen LogP contribution in [0.25, 0.3) is 0 Å². The Bertz CT molecular complexity index is 344. The minimum absolute atomic E-state index is 0.00399. The maximum absolute atomic E-state index is 10.5. The molecule has 1 aromatic heterocycles. The smallest absolute Gasteiger partial charge is 0.171 e. The van der Waals surface area contributed by atoms with E-state index in [4.69, 9.17) is 11.6 Å². The molecule has 0 amide bonds. The Kier molecular flexibility index (Phi) is 2.86. The van der Waals surface area contributed by atoms with Crippen molar-refractivity contribution >= 4 is 38.2 Å². The Hall–Kier alpha value is -0.130. The molecule has 0 radical (unpaired) electrons. The van der Waals surface area contributed by atoms with Crippen LogP contribution in [0, 0.1) is 0 Å². The number of nitrogens with zero attached hydrogens (tertiary/aromatic N) is 1. The van der Waals surface area contributed by atoms with E-state index in [9.17, 15) is 8.42 Å². The third-order valence-electron chi connectivity index (χ3n) is 0.984. The van der Waals surface area contributed by atoms with E-state index in [-0.39, 0.29) is 10.0 Å². The number of aromatic nitrogens is 1. The fraction of sp³-hybridized carbons (Fsp3) is 0. The van der Waals surface area contributed by atoms with Crippen molar-refractivity contribution in [2.24, 2.45) is 0 Å². The highest BCUT2D eigenvalue weighted by Crippen LogP contribution is 2.18. The summed E-state index contributed by atoms with van der Waals surface area (Å²) in [5.74, 6) is 0. The molecule has 0 aliphatic rings. The summed E-state index contributed by atoms with van der Waals surface area (Å²) in [6.07, 6.45) is 1.44. The molecule has 0 aliphatic carbocycles. The number of hydrogen-bond acceptors (Lipinski definition) is 3. The molecule has 3 nitrogen and oxygen atoms in total. The highest BCUT2D eigenvalue weighted by atomic mass is 79.9. The first kappa shape index (κ1) is 8.96. The second kappa shape index (κ2) is 3.51. The molecule has 0 fully saturated rings. The molecular weight excluding hydrogens is 253 g/mol. The summed E-state index contributed by atoms with van der Waals surface area (Å²) in [6.45, 7) is 0. The largest absolute Gasteiger partial charge is 0.242 e. The Morgan fingerprint density at radius 1 is 1.55 bits per heavy atom. The van der Waals surface area contributed by atoms with Crippen LogP contribution in [0.5, 0.6) is 0 Å². The molecule has 0 spiro atoms. The van der Waals surface area contributed by atoms with E-state index in [1.807, 2.05) is 0 Å². The summed E-state index contributed by atoms with van der Waals surface area (Å²) in [7, 11) is -2.66. The standard InChI is InChI=1S/C5H3BrClNO2S/c6-3-1-4(11(9)10)5(7)8-2-3/h1-2,11H. The lowest BCUT2D eigenvalue weighted by molar-refractivity contribution is 0.614. The van der Waals surface area contributed by atoms with Crippen LogP contribution in [0.2, 0.25) is 5.15 Å². The molecule has 0 N–H and O–H groups in total. The molecule has 0 saturated heterocycles. The first-order chi connectivity index (χ1) is 5.11. The van der Waals surface area contributed by atoms with Crippen molar-refractivity contribution in [2.75, 3.05) is 0 Å². The van der Waals surface area contributed by atoms with Crippen molar-refractivity contribution in [3.05, 3.63) is 21.9 Å². The third-order valence-corrected chi connectivity index (χ3v) is 2.58. The highest BCUT2D eigenvalue weighted by molar-refractivity contribution is 9.10. The SMILES string of the molecule is O=[SH](=O)c1cc(Br)cnc1Cl. The number of rotatable bonds is 1. The lowest BCUT2D eigenvalue weighted by Crippen LogP contribution is -1.85. The van der Waals surface area contributed by atoms with E-state index in [1.54, 1.807) is 0 Å². The van der Waals surface area contributed by atoms with Crippen LogP contribution in [-0.2, 0) is 10.7 Å². The average Bonchev–Trinajstić information content (AvgIpc) is 1.94. The maximum atomic E-state index is 10.5. The summed E-state index contributed by atoms with van der Waals surface area (Å²) >= 11 is 8.55. The zero-order valence-electron chi connectivity index (χ0n) is 5.12. The first-order valence-electron chi connectivity index (χ1n) is 2.56. The fourth-order valence-corrected chi connectivity index (χ4v) is 1.81. The van der Waals surface area contributed by atoms with Crippen molar-refractivity contribution in [2.45, 2.75) is 4.90 Å². The van der Waals surface area contributed by atoms with Gasteiger partial charge in [0.25, 0.3) is 0 Å². The van der Waals surface area contributed by atoms with Crippen LogP contribution < -0.4 is 0 Å². The second-order valence-electron chi connectivity index (χ2n) is 1.72. The van der Waals surface area contributed by atoms with Gasteiger partial charge in [-0.25, -0.2) is 13.4 Å². The van der Waals surface area contributed by atoms with Crippen LogP contribution in [0.15, 0.2) is 21.6 Å². The molecule has 0 saturated carbocycles. The molecule has 0 aliphatic heterocycles. The average molecular weight is 257 g/mol. The van der Waals surface area contributed by atoms with Gasteiger partial charge in [0.2, 0.25) is 0 Å². The van der Waals surface area contributed by atoms with Crippen molar-refractivity contribution < 1.29 is 8.42 Å². The summed E-state index contributed by atoms with van der Waals surface area (Å²) in [5.41, 5.74) is 0. The van der Waals surface area contributed by atoms with E-state index in [0.29, 0.717) is 4.47 Å². The molecule has 0 bridgehead atoms. The lowest BCUT2D eigenvalue weighted by Gasteiger charge is -1.93. The third kappa shape index (κ3) is 2.15. The zero-order valence-corrected chi connectivity index (χ0v) is 8.36. The van der Waals surface area contributed by atoms with Gasteiger partial charge in [-0.05, 0) is 22.0 Å². The molecular formula is C5H3BrClNO2S. The first-order valence-corrected chi connectivity index (χ1v) is 4.91. The number of hydrogen-bond donors (Lipinski definition) is 1. The van der Waals surface area contributed by atoms with Crippen molar-refractivity contribution in [3.8, 4) is 0 Å². The predicted octanol–water partition coefficient (Wildman–Crippen LogP) is 1.47. The van der Waals surface area contributed by atoms with Crippen LogP contribution in [0.1, 0.15) is 0 Å². The summed E-state index contributed by atoms with van der Waals surface area (Å²) in [6, 6.07) is 1.40. The van der Waals surface area contributed by atoms with Crippen LogP contribution in [-0.4, -0.2) is 13.4 Å². The van der Waals surface area contributed by atoms with Crippen molar-refractivity contribution in [3.63, 3.8) is 0 Å². The van der Waals surface area contributed by atoms with Gasteiger partial charge < -0.3 is 0 Å². The molecule has 0 unspecified atom stereocenters. The highest BCUT2D eigenvalue weighted by Gasteiger charge is 2.03. The molecule has 6 heteroatoms. The second-order valence-corrected chi connectivity index (χ2v) is 3.99. The molecule has 1 aromatic rings. The van der Waals surface area contributed by atoms with Gasteiger partial charge in [0.05, 0.1) is 0 Å². The van der Waals surface area contributed by atoms with E-state index in [2.05, 4.69) is 20.9 Å². The molecule has 1 rings (SSSR count). The molecule has 0 atom stereocenters. The maximum Gasteiger partial charge on any atom is 0.171 e. The summed E-state index contributed by atoms with van der Waals surface area (Å²) < 4.78 is 21.5. The number of thiol groups is 1. The van der Waals surface area contributed by atoms with Gasteiger partial charge in [0.1, 0.15) is 10.0 Å². The van der Waals surface area contributed by atoms with Crippen LogP contribution in [0.4, 0.5) is 0 Å². The Morgan fingerprint density at radius 2 is 2.18 bits per heavy atom. The normalized spacial score (nSPS) is 10.5. The monoisotopic (exact) mass is 255 g/mol. The van der Waals surface area contributed by atoms with Gasteiger partial charge in [-0.15, -0.1) is 0 Å². The quantitative estimate of drug-likeness (QED) is 0.611. The summed E-state index contributed by atoms with van der Waals surface area (Å²) in [5, 5.41) is 0.00399. The van der Waals surface area contributed by atoms with Gasteiger partial charge in [-0.2, -0.15) is 0 Å². The van der Waals surface area contributed by atoms with Gasteiger partial charge >= 0.3 is 0 Å². The summed E-state index contributed by atoms with van der Waals surface area (Å²) in [4.78, 5) is 3.67. The zero-order chi connectivity index (χ0) is 8.43. The molecule has 0 aromatic carbocycles. The van der Waals surface area contributed by atoms with E-state index in [1.165, 1.54) is 12.3 Å². The van der Waals surface area contributed by atoms with Crippen LogP contribution >= 0.6 is 27.5 Å². The number of pyridine rings is 1. The Balaban J connectivity index is 3.35. The van der Waals surface area contributed by atoms with Gasteiger partial charge in [-0.3, -0.25) is 0 Å². The van der Waals surface area contributed by atoms with Gasteiger partial charge in [0, 0.05) is 10.7 Å².